The van der Waals surface area contributed by atoms with Crippen LogP contribution >= 0.6 is 11.6 Å². The first-order valence-electron chi connectivity index (χ1n) is 15.5. The van der Waals surface area contributed by atoms with Crippen molar-refractivity contribution in [1.82, 2.24) is 30.4 Å². The summed E-state index contributed by atoms with van der Waals surface area (Å²) < 4.78 is 94.1. The van der Waals surface area contributed by atoms with Crippen molar-refractivity contribution in [2.45, 2.75) is 25.4 Å². The summed E-state index contributed by atoms with van der Waals surface area (Å²) in [6.07, 6.45) is -10.1. The fourth-order valence-corrected chi connectivity index (χ4v) is 5.87. The van der Waals surface area contributed by atoms with Crippen LogP contribution in [0.3, 0.4) is 0 Å². The predicted octanol–water partition coefficient (Wildman–Crippen LogP) is 6.99. The Hall–Kier alpha value is -4.57. The molecular weight excluding hydrogens is 690 g/mol. The van der Waals surface area contributed by atoms with E-state index in [1.54, 1.807) is 54.6 Å². The SMILES string of the molecule is O=C(c1nnn(Cc2cc(C(F)(F)F)cc(C(F)(F)F)c2)c1-c1ccccc1)c1c(-c2ccccc2Cl)noc1CNCCN1CCOCC1. The monoisotopic (exact) mass is 718 g/mol. The van der Waals surface area contributed by atoms with Gasteiger partial charge in [-0.25, -0.2) is 4.68 Å². The fraction of sp³-hybridized carbons (Fsp3) is 0.294. The molecule has 6 rings (SSSR count). The van der Waals surface area contributed by atoms with Gasteiger partial charge in [0, 0.05) is 37.3 Å². The Kier molecular flexibility index (Phi) is 10.4. The van der Waals surface area contributed by atoms with Crippen LogP contribution < -0.4 is 5.32 Å². The van der Waals surface area contributed by atoms with Gasteiger partial charge in [0.1, 0.15) is 11.4 Å². The lowest BCUT2D eigenvalue weighted by molar-refractivity contribution is -0.143. The van der Waals surface area contributed by atoms with Gasteiger partial charge in [0.15, 0.2) is 11.5 Å². The van der Waals surface area contributed by atoms with Crippen molar-refractivity contribution in [3.63, 3.8) is 0 Å². The molecule has 50 heavy (non-hydrogen) atoms. The smallest absolute Gasteiger partial charge is 0.379 e. The van der Waals surface area contributed by atoms with E-state index in [1.165, 1.54) is 0 Å². The van der Waals surface area contributed by atoms with Crippen LogP contribution in [-0.4, -0.2) is 70.2 Å². The van der Waals surface area contributed by atoms with Crippen molar-refractivity contribution in [3.8, 4) is 22.5 Å². The molecule has 0 aliphatic carbocycles. The Balaban J connectivity index is 1.40. The van der Waals surface area contributed by atoms with Gasteiger partial charge in [-0.3, -0.25) is 9.69 Å². The summed E-state index contributed by atoms with van der Waals surface area (Å²) in [7, 11) is 0. The highest BCUT2D eigenvalue weighted by Crippen LogP contribution is 2.38. The van der Waals surface area contributed by atoms with E-state index < -0.39 is 35.8 Å². The third kappa shape index (κ3) is 7.91. The molecule has 1 saturated heterocycles. The number of nitrogens with one attached hydrogen (secondary N) is 1. The molecule has 5 aromatic rings. The van der Waals surface area contributed by atoms with Gasteiger partial charge in [-0.1, -0.05) is 70.5 Å². The van der Waals surface area contributed by atoms with Crippen LogP contribution in [0.5, 0.6) is 0 Å². The molecule has 3 heterocycles. The van der Waals surface area contributed by atoms with Gasteiger partial charge >= 0.3 is 12.4 Å². The molecular formula is C34H29ClF6N6O3. The number of ketones is 1. The van der Waals surface area contributed by atoms with E-state index in [0.717, 1.165) is 24.3 Å². The Bertz CT molecular complexity index is 1920. The highest BCUT2D eigenvalue weighted by Gasteiger charge is 2.37. The van der Waals surface area contributed by atoms with E-state index in [2.05, 4.69) is 25.7 Å². The number of benzene rings is 3. The van der Waals surface area contributed by atoms with Crippen molar-refractivity contribution < 1.29 is 40.4 Å². The second-order valence-electron chi connectivity index (χ2n) is 11.5. The van der Waals surface area contributed by atoms with Gasteiger partial charge in [-0.2, -0.15) is 26.3 Å². The number of carbonyl (C=O) groups excluding carboxylic acids is 1. The molecule has 2 aromatic heterocycles. The maximum absolute atomic E-state index is 14.5. The highest BCUT2D eigenvalue weighted by atomic mass is 35.5. The van der Waals surface area contributed by atoms with Gasteiger partial charge in [0.05, 0.1) is 48.0 Å². The third-order valence-electron chi connectivity index (χ3n) is 8.09. The molecule has 1 aliphatic heterocycles. The zero-order chi connectivity index (χ0) is 35.5. The van der Waals surface area contributed by atoms with E-state index in [9.17, 15) is 31.1 Å². The minimum absolute atomic E-state index is 0.0274. The van der Waals surface area contributed by atoms with Crippen molar-refractivity contribution in [3.05, 3.63) is 112 Å². The number of nitrogens with zero attached hydrogens (tertiary/aromatic N) is 5. The minimum atomic E-state index is -5.04. The molecule has 0 radical (unpaired) electrons. The van der Waals surface area contributed by atoms with E-state index in [4.69, 9.17) is 20.9 Å². The topological polar surface area (TPSA) is 98.3 Å². The molecule has 0 bridgehead atoms. The number of alkyl halides is 6. The van der Waals surface area contributed by atoms with E-state index >= 15 is 0 Å². The van der Waals surface area contributed by atoms with Crippen LogP contribution in [0.1, 0.15) is 38.5 Å². The number of morpholine rings is 1. The van der Waals surface area contributed by atoms with Crippen LogP contribution in [-0.2, 0) is 30.2 Å². The number of hydrogen-bond acceptors (Lipinski definition) is 8. The summed E-state index contributed by atoms with van der Waals surface area (Å²) in [6, 6.07) is 16.2. The number of carbonyl (C=O) groups is 1. The lowest BCUT2D eigenvalue weighted by Crippen LogP contribution is -2.40. The molecule has 1 N–H and O–H groups in total. The number of ether oxygens (including phenoxy) is 1. The molecule has 0 atom stereocenters. The maximum Gasteiger partial charge on any atom is 0.416 e. The molecule has 0 amide bonds. The standard InChI is InChI=1S/C34H29ClF6N6O3/c35-26-9-5-4-8-25(26)29-28(27(50-44-29)19-42-10-11-46-12-14-49-15-13-46)32(48)30-31(22-6-2-1-3-7-22)47(45-43-30)20-21-16-23(33(36,37)38)18-24(17-21)34(39,40)41/h1-9,16-18,42H,10-15,19-20H2. The van der Waals surface area contributed by atoms with Crippen molar-refractivity contribution in [2.24, 2.45) is 0 Å². The zero-order valence-electron chi connectivity index (χ0n) is 26.2. The normalized spacial score (nSPS) is 14.3. The Morgan fingerprint density at radius 1 is 0.900 bits per heavy atom. The number of aromatic nitrogens is 4. The quantitative estimate of drug-likeness (QED) is 0.0887. The largest absolute Gasteiger partial charge is 0.416 e. The zero-order valence-corrected chi connectivity index (χ0v) is 26.9. The van der Waals surface area contributed by atoms with Crippen LogP contribution in [0.2, 0.25) is 5.02 Å². The van der Waals surface area contributed by atoms with Crippen LogP contribution in [0.15, 0.2) is 77.3 Å². The number of hydrogen-bond donors (Lipinski definition) is 1. The first-order chi connectivity index (χ1) is 23.9. The molecule has 0 unspecified atom stereocenters. The summed E-state index contributed by atoms with van der Waals surface area (Å²) in [4.78, 5) is 16.8. The maximum atomic E-state index is 14.5. The lowest BCUT2D eigenvalue weighted by Gasteiger charge is -2.26. The summed E-state index contributed by atoms with van der Waals surface area (Å²) in [6.45, 7) is 3.68. The van der Waals surface area contributed by atoms with E-state index in [1.807, 2.05) is 0 Å². The van der Waals surface area contributed by atoms with Crippen molar-refractivity contribution in [1.29, 1.82) is 0 Å². The van der Waals surface area contributed by atoms with Gasteiger partial charge in [0.25, 0.3) is 0 Å². The summed E-state index contributed by atoms with van der Waals surface area (Å²) in [5.74, 6) is -0.510. The Morgan fingerprint density at radius 2 is 1.56 bits per heavy atom. The van der Waals surface area contributed by atoms with Crippen LogP contribution in [0.25, 0.3) is 22.5 Å². The highest BCUT2D eigenvalue weighted by molar-refractivity contribution is 6.33. The Labute approximate surface area is 286 Å². The molecule has 16 heteroatoms. The van der Waals surface area contributed by atoms with Gasteiger partial charge < -0.3 is 14.6 Å². The molecule has 0 saturated carbocycles. The minimum Gasteiger partial charge on any atom is -0.379 e. The average molecular weight is 719 g/mol. The van der Waals surface area contributed by atoms with Gasteiger partial charge in [-0.15, -0.1) is 5.10 Å². The van der Waals surface area contributed by atoms with Crippen LogP contribution in [0.4, 0.5) is 26.3 Å². The Morgan fingerprint density at radius 3 is 2.22 bits per heavy atom. The number of halogens is 7. The molecule has 262 valence electrons. The first kappa shape index (κ1) is 35.3. The number of rotatable bonds is 11. The van der Waals surface area contributed by atoms with Gasteiger partial charge in [-0.05, 0) is 29.8 Å². The second-order valence-corrected chi connectivity index (χ2v) is 11.9. The third-order valence-corrected chi connectivity index (χ3v) is 8.42. The molecule has 0 spiro atoms. The molecule has 1 fully saturated rings. The van der Waals surface area contributed by atoms with Crippen molar-refractivity contribution in [2.75, 3.05) is 39.4 Å². The molecule has 1 aliphatic rings. The lowest BCUT2D eigenvalue weighted by atomic mass is 9.98. The molecule has 3 aromatic carbocycles. The van der Waals surface area contributed by atoms with E-state index in [-0.39, 0.29) is 46.6 Å². The van der Waals surface area contributed by atoms with E-state index in [0.29, 0.717) is 48.0 Å². The second kappa shape index (κ2) is 14.7. The summed E-state index contributed by atoms with van der Waals surface area (Å²) in [5.41, 5.74) is -2.49. The van der Waals surface area contributed by atoms with Crippen LogP contribution in [0, 0.1) is 0 Å². The predicted molar refractivity (Wildman–Crippen MR) is 170 cm³/mol. The van der Waals surface area contributed by atoms with Gasteiger partial charge in [0.2, 0.25) is 5.78 Å². The first-order valence-corrected chi connectivity index (χ1v) is 15.8. The fourth-order valence-electron chi connectivity index (χ4n) is 5.64. The van der Waals surface area contributed by atoms with Crippen molar-refractivity contribution >= 4 is 17.4 Å². The summed E-state index contributed by atoms with van der Waals surface area (Å²) in [5, 5.41) is 15.9. The molecule has 9 nitrogen and oxygen atoms in total. The average Bonchev–Trinajstić information content (AvgIpc) is 3.71. The summed E-state index contributed by atoms with van der Waals surface area (Å²) >= 11 is 6.50.